The number of carbonyl (C=O) groups excluding carboxylic acids is 1. The van der Waals surface area contributed by atoms with E-state index in [4.69, 9.17) is 10.5 Å². The number of amides is 1. The highest BCUT2D eigenvalue weighted by molar-refractivity contribution is 5.95. The first-order valence-electron chi connectivity index (χ1n) is 10.3. The zero-order valence-electron chi connectivity index (χ0n) is 16.6. The van der Waals surface area contributed by atoms with Crippen LogP contribution in [0.15, 0.2) is 42.5 Å². The van der Waals surface area contributed by atoms with Crippen molar-refractivity contribution in [2.45, 2.75) is 25.7 Å². The molecule has 2 aromatic carbocycles. The molecule has 2 aliphatic rings. The van der Waals surface area contributed by atoms with Gasteiger partial charge in [0, 0.05) is 25.0 Å². The Morgan fingerprint density at radius 1 is 1.17 bits per heavy atom. The van der Waals surface area contributed by atoms with Crippen LogP contribution in [0.3, 0.4) is 0 Å². The average Bonchev–Trinajstić information content (AvgIpc) is 3.18. The fourth-order valence-electron chi connectivity index (χ4n) is 4.45. The molecular weight excluding hydrogens is 369 g/mol. The highest BCUT2D eigenvalue weighted by atomic mass is 19.1. The number of hydrogen-bond acceptors (Lipinski definition) is 4. The van der Waals surface area contributed by atoms with Gasteiger partial charge in [-0.25, -0.2) is 4.39 Å². The van der Waals surface area contributed by atoms with E-state index in [2.05, 4.69) is 5.32 Å². The summed E-state index contributed by atoms with van der Waals surface area (Å²) in [5.41, 5.74) is 6.93. The first-order valence-corrected chi connectivity index (χ1v) is 10.3. The van der Waals surface area contributed by atoms with Crippen LogP contribution in [0, 0.1) is 11.2 Å². The summed E-state index contributed by atoms with van der Waals surface area (Å²) in [5.74, 6) is 0.336. The fourth-order valence-corrected chi connectivity index (χ4v) is 4.45. The molecule has 154 valence electrons. The lowest BCUT2D eigenvalue weighted by Gasteiger charge is -2.40. The number of nitrogens with zero attached hydrogens (tertiary/aromatic N) is 1. The molecule has 0 saturated carbocycles. The topological polar surface area (TPSA) is 67.6 Å². The Morgan fingerprint density at radius 2 is 1.97 bits per heavy atom. The summed E-state index contributed by atoms with van der Waals surface area (Å²) < 4.78 is 20.4. The third kappa shape index (κ3) is 4.43. The molecule has 2 heterocycles. The van der Waals surface area contributed by atoms with Gasteiger partial charge < -0.3 is 20.7 Å². The number of benzene rings is 2. The van der Waals surface area contributed by atoms with E-state index in [-0.39, 0.29) is 16.9 Å². The molecule has 0 radical (unpaired) electrons. The Hall–Kier alpha value is -2.44. The summed E-state index contributed by atoms with van der Waals surface area (Å²) in [6.07, 6.45) is 3.96. The molecule has 2 aliphatic heterocycles. The monoisotopic (exact) mass is 397 g/mol. The predicted molar refractivity (Wildman–Crippen MR) is 111 cm³/mol. The van der Waals surface area contributed by atoms with E-state index in [1.54, 1.807) is 11.0 Å². The molecule has 5 nitrogen and oxygen atoms in total. The van der Waals surface area contributed by atoms with E-state index < -0.39 is 5.82 Å². The number of rotatable bonds is 5. The van der Waals surface area contributed by atoms with Crippen LogP contribution in [0.2, 0.25) is 0 Å². The second-order valence-electron chi connectivity index (χ2n) is 8.18. The van der Waals surface area contributed by atoms with Crippen molar-refractivity contribution in [3.05, 3.63) is 59.4 Å². The van der Waals surface area contributed by atoms with E-state index in [1.807, 2.05) is 24.3 Å². The van der Waals surface area contributed by atoms with Gasteiger partial charge in [0.1, 0.15) is 17.3 Å². The summed E-state index contributed by atoms with van der Waals surface area (Å²) in [5, 5.41) is 3.40. The van der Waals surface area contributed by atoms with Crippen LogP contribution in [0.25, 0.3) is 0 Å². The standard InChI is InChI=1S/C23H28FN3O2/c24-21-7-6-19(29-18-4-2-17(3-5-18)8-11-25)14-20(21)22(28)27-13-1-9-23(16-27)10-12-26-15-23/h2-7,14,26H,1,8-13,15-16,25H2. The zero-order valence-corrected chi connectivity index (χ0v) is 16.6. The number of nitrogens with two attached hydrogens (primary N) is 1. The molecule has 1 atom stereocenters. The minimum absolute atomic E-state index is 0.0743. The van der Waals surface area contributed by atoms with Gasteiger partial charge in [0.2, 0.25) is 0 Å². The molecule has 2 aromatic rings. The normalized spacial score (nSPS) is 21.5. The first kappa shape index (κ1) is 19.9. The van der Waals surface area contributed by atoms with E-state index in [1.165, 1.54) is 12.1 Å². The van der Waals surface area contributed by atoms with Crippen molar-refractivity contribution in [1.82, 2.24) is 10.2 Å². The molecule has 1 unspecified atom stereocenters. The highest BCUT2D eigenvalue weighted by Gasteiger charge is 2.39. The number of halogens is 1. The summed E-state index contributed by atoms with van der Waals surface area (Å²) in [6, 6.07) is 12.0. The van der Waals surface area contributed by atoms with Gasteiger partial charge in [0.05, 0.1) is 5.56 Å². The third-order valence-corrected chi connectivity index (χ3v) is 6.04. The van der Waals surface area contributed by atoms with Gasteiger partial charge in [0.15, 0.2) is 0 Å². The van der Waals surface area contributed by atoms with Crippen molar-refractivity contribution >= 4 is 5.91 Å². The molecule has 1 spiro atoms. The largest absolute Gasteiger partial charge is 0.457 e. The van der Waals surface area contributed by atoms with Crippen LogP contribution in [0.5, 0.6) is 11.5 Å². The average molecular weight is 397 g/mol. The smallest absolute Gasteiger partial charge is 0.256 e. The van der Waals surface area contributed by atoms with Crippen molar-refractivity contribution in [2.24, 2.45) is 11.1 Å². The molecule has 29 heavy (non-hydrogen) atoms. The Bertz CT molecular complexity index is 863. The number of nitrogens with one attached hydrogen (secondary N) is 1. The molecule has 2 fully saturated rings. The molecule has 0 bridgehead atoms. The first-order chi connectivity index (χ1) is 14.1. The summed E-state index contributed by atoms with van der Waals surface area (Å²) in [7, 11) is 0. The van der Waals surface area contributed by atoms with E-state index in [0.717, 1.165) is 44.3 Å². The van der Waals surface area contributed by atoms with Crippen molar-refractivity contribution in [3.8, 4) is 11.5 Å². The number of hydrogen-bond donors (Lipinski definition) is 2. The van der Waals surface area contributed by atoms with Gasteiger partial charge in [-0.15, -0.1) is 0 Å². The van der Waals surface area contributed by atoms with E-state index in [0.29, 0.717) is 31.1 Å². The quantitative estimate of drug-likeness (QED) is 0.812. The lowest BCUT2D eigenvalue weighted by molar-refractivity contribution is 0.0548. The summed E-state index contributed by atoms with van der Waals surface area (Å²) >= 11 is 0. The van der Waals surface area contributed by atoms with Crippen LogP contribution >= 0.6 is 0 Å². The second-order valence-corrected chi connectivity index (χ2v) is 8.18. The number of piperidine rings is 1. The van der Waals surface area contributed by atoms with Crippen LogP contribution < -0.4 is 15.8 Å². The summed E-state index contributed by atoms with van der Waals surface area (Å²) in [6.45, 7) is 3.88. The molecule has 0 aromatic heterocycles. The molecule has 1 amide bonds. The molecule has 4 rings (SSSR count). The van der Waals surface area contributed by atoms with Crippen LogP contribution in [0.1, 0.15) is 35.2 Å². The van der Waals surface area contributed by atoms with Crippen molar-refractivity contribution < 1.29 is 13.9 Å². The predicted octanol–water partition coefficient (Wildman–Crippen LogP) is 3.33. The van der Waals surface area contributed by atoms with E-state index in [9.17, 15) is 9.18 Å². The van der Waals surface area contributed by atoms with Crippen molar-refractivity contribution in [2.75, 3.05) is 32.7 Å². The van der Waals surface area contributed by atoms with Gasteiger partial charge in [0.25, 0.3) is 5.91 Å². The Kier molecular flexibility index (Phi) is 5.83. The Balaban J connectivity index is 1.49. The lowest BCUT2D eigenvalue weighted by atomic mass is 9.79. The van der Waals surface area contributed by atoms with Gasteiger partial charge in [-0.05, 0) is 74.7 Å². The maximum Gasteiger partial charge on any atom is 0.256 e. The van der Waals surface area contributed by atoms with Crippen LogP contribution in [-0.4, -0.2) is 43.5 Å². The summed E-state index contributed by atoms with van der Waals surface area (Å²) in [4.78, 5) is 14.9. The van der Waals surface area contributed by atoms with Gasteiger partial charge in [-0.1, -0.05) is 12.1 Å². The Labute approximate surface area is 171 Å². The van der Waals surface area contributed by atoms with Crippen molar-refractivity contribution in [1.29, 1.82) is 0 Å². The maximum absolute atomic E-state index is 14.5. The number of carbonyl (C=O) groups is 1. The second kappa shape index (κ2) is 8.51. The van der Waals surface area contributed by atoms with Crippen molar-refractivity contribution in [3.63, 3.8) is 0 Å². The third-order valence-electron chi connectivity index (χ3n) is 6.04. The maximum atomic E-state index is 14.5. The van der Waals surface area contributed by atoms with Crippen LogP contribution in [0.4, 0.5) is 4.39 Å². The van der Waals surface area contributed by atoms with Crippen LogP contribution in [-0.2, 0) is 6.42 Å². The molecule has 2 saturated heterocycles. The lowest BCUT2D eigenvalue weighted by Crippen LogP contribution is -2.47. The molecule has 6 heteroatoms. The number of likely N-dealkylation sites (tertiary alicyclic amines) is 1. The van der Waals surface area contributed by atoms with E-state index >= 15 is 0 Å². The Morgan fingerprint density at radius 3 is 2.69 bits per heavy atom. The molecular formula is C23H28FN3O2. The minimum Gasteiger partial charge on any atom is -0.457 e. The van der Waals surface area contributed by atoms with Gasteiger partial charge >= 0.3 is 0 Å². The van der Waals surface area contributed by atoms with Gasteiger partial charge in [-0.2, -0.15) is 0 Å². The fraction of sp³-hybridized carbons (Fsp3) is 0.435. The molecule has 0 aliphatic carbocycles. The molecule has 3 N–H and O–H groups in total. The SMILES string of the molecule is NCCc1ccc(Oc2ccc(F)c(C(=O)N3CCCC4(CCNC4)C3)c2)cc1. The zero-order chi connectivity index (χ0) is 20.3. The highest BCUT2D eigenvalue weighted by Crippen LogP contribution is 2.36. The number of ether oxygens (including phenoxy) is 1. The minimum atomic E-state index is -0.509. The van der Waals surface area contributed by atoms with Gasteiger partial charge in [-0.3, -0.25) is 4.79 Å².